The maximum atomic E-state index is 9.99. The number of nitrogens with zero attached hydrogens (tertiary/aromatic N) is 1. The minimum Gasteiger partial charge on any atom is -0.489 e. The first-order valence-electron chi connectivity index (χ1n) is 9.98. The molecule has 0 amide bonds. The molecule has 4 nitrogen and oxygen atoms in total. The molecule has 0 saturated heterocycles. The van der Waals surface area contributed by atoms with Crippen LogP contribution in [0.15, 0.2) is 54.6 Å². The zero-order valence-corrected chi connectivity index (χ0v) is 16.4. The third-order valence-corrected chi connectivity index (χ3v) is 4.62. The Labute approximate surface area is 163 Å². The van der Waals surface area contributed by atoms with Crippen molar-refractivity contribution in [3.63, 3.8) is 0 Å². The molecule has 148 valence electrons. The Morgan fingerprint density at radius 3 is 2.33 bits per heavy atom. The average Bonchev–Trinajstić information content (AvgIpc) is 2.68. The smallest absolute Gasteiger partial charge is 0.119 e. The van der Waals surface area contributed by atoms with E-state index in [0.717, 1.165) is 43.5 Å². The van der Waals surface area contributed by atoms with Crippen LogP contribution in [0, 0.1) is 0 Å². The van der Waals surface area contributed by atoms with Gasteiger partial charge in [0, 0.05) is 13.1 Å². The second-order valence-corrected chi connectivity index (χ2v) is 6.99. The van der Waals surface area contributed by atoms with Gasteiger partial charge in [-0.15, -0.1) is 0 Å². The zero-order chi connectivity index (χ0) is 19.3. The van der Waals surface area contributed by atoms with Crippen molar-refractivity contribution in [1.82, 2.24) is 4.90 Å². The van der Waals surface area contributed by atoms with Gasteiger partial charge in [-0.3, -0.25) is 4.90 Å². The van der Waals surface area contributed by atoms with Crippen molar-refractivity contribution in [3.05, 3.63) is 65.7 Å². The summed E-state index contributed by atoms with van der Waals surface area (Å²) < 4.78 is 5.77. The standard InChI is InChI=1S/C23H33NO3/c1-2-7-22(26)18-24(16-17-25)15-6-8-20-11-13-21(14-12-20)19-27-23-9-4-3-5-10-23/h3-5,9-14,22,25-26H,2,6-8,15-19H2,1H3. The minimum absolute atomic E-state index is 0.134. The fourth-order valence-electron chi connectivity index (χ4n) is 3.15. The number of para-hydroxylation sites is 1. The molecule has 0 aliphatic heterocycles. The number of aryl methyl sites for hydroxylation is 1. The SMILES string of the molecule is CCCC(O)CN(CCO)CCCc1ccc(COc2ccccc2)cc1. The normalized spacial score (nSPS) is 12.3. The molecule has 1 atom stereocenters. The lowest BCUT2D eigenvalue weighted by Crippen LogP contribution is -2.35. The van der Waals surface area contributed by atoms with Crippen LogP contribution in [-0.4, -0.2) is 47.5 Å². The summed E-state index contributed by atoms with van der Waals surface area (Å²) in [5, 5.41) is 19.2. The van der Waals surface area contributed by atoms with Gasteiger partial charge in [0.05, 0.1) is 12.7 Å². The first kappa shape index (κ1) is 21.4. The Kier molecular flexibility index (Phi) is 9.91. The first-order valence-corrected chi connectivity index (χ1v) is 9.98. The highest BCUT2D eigenvalue weighted by Crippen LogP contribution is 2.13. The Bertz CT molecular complexity index is 615. The third-order valence-electron chi connectivity index (χ3n) is 4.62. The number of hydrogen-bond donors (Lipinski definition) is 2. The quantitative estimate of drug-likeness (QED) is 0.564. The van der Waals surface area contributed by atoms with Gasteiger partial charge >= 0.3 is 0 Å². The van der Waals surface area contributed by atoms with Gasteiger partial charge in [-0.2, -0.15) is 0 Å². The lowest BCUT2D eigenvalue weighted by Gasteiger charge is -2.24. The molecule has 0 heterocycles. The van der Waals surface area contributed by atoms with Gasteiger partial charge in [-0.25, -0.2) is 0 Å². The van der Waals surface area contributed by atoms with Crippen molar-refractivity contribution in [2.45, 2.75) is 45.3 Å². The summed E-state index contributed by atoms with van der Waals surface area (Å²) in [6.07, 6.45) is 3.50. The van der Waals surface area contributed by atoms with E-state index in [9.17, 15) is 10.2 Å². The fraction of sp³-hybridized carbons (Fsp3) is 0.478. The van der Waals surface area contributed by atoms with Crippen LogP contribution in [0.2, 0.25) is 0 Å². The molecular formula is C23H33NO3. The van der Waals surface area contributed by atoms with Gasteiger partial charge in [0.15, 0.2) is 0 Å². The van der Waals surface area contributed by atoms with Crippen molar-refractivity contribution in [2.24, 2.45) is 0 Å². The van der Waals surface area contributed by atoms with Crippen molar-refractivity contribution < 1.29 is 14.9 Å². The second kappa shape index (κ2) is 12.5. The molecule has 1 unspecified atom stereocenters. The molecule has 2 aromatic carbocycles. The highest BCUT2D eigenvalue weighted by atomic mass is 16.5. The number of hydrogen-bond acceptors (Lipinski definition) is 4. The highest BCUT2D eigenvalue weighted by Gasteiger charge is 2.10. The van der Waals surface area contributed by atoms with E-state index in [2.05, 4.69) is 36.1 Å². The summed E-state index contributed by atoms with van der Waals surface area (Å²) in [7, 11) is 0. The molecule has 0 spiro atoms. The Morgan fingerprint density at radius 2 is 1.67 bits per heavy atom. The summed E-state index contributed by atoms with van der Waals surface area (Å²) in [4.78, 5) is 2.16. The van der Waals surface area contributed by atoms with Gasteiger partial charge in [0.2, 0.25) is 0 Å². The van der Waals surface area contributed by atoms with Crippen molar-refractivity contribution in [3.8, 4) is 5.75 Å². The van der Waals surface area contributed by atoms with Crippen molar-refractivity contribution in [2.75, 3.05) is 26.2 Å². The predicted octanol–water partition coefficient (Wildman–Crippen LogP) is 3.65. The summed E-state index contributed by atoms with van der Waals surface area (Å²) in [6.45, 7) is 4.94. The summed E-state index contributed by atoms with van der Waals surface area (Å²) in [6, 6.07) is 18.4. The maximum absolute atomic E-state index is 9.99. The van der Waals surface area contributed by atoms with Crippen molar-refractivity contribution >= 4 is 0 Å². The number of benzene rings is 2. The Balaban J connectivity index is 1.73. The maximum Gasteiger partial charge on any atom is 0.119 e. The van der Waals surface area contributed by atoms with Gasteiger partial charge in [-0.05, 0) is 49.1 Å². The van der Waals surface area contributed by atoms with Crippen LogP contribution in [0.4, 0.5) is 0 Å². The monoisotopic (exact) mass is 371 g/mol. The van der Waals surface area contributed by atoms with Gasteiger partial charge < -0.3 is 14.9 Å². The zero-order valence-electron chi connectivity index (χ0n) is 16.4. The van der Waals surface area contributed by atoms with Crippen LogP contribution in [0.3, 0.4) is 0 Å². The molecule has 0 bridgehead atoms. The van der Waals surface area contributed by atoms with Gasteiger partial charge in [-0.1, -0.05) is 55.8 Å². The van der Waals surface area contributed by atoms with E-state index in [1.807, 2.05) is 30.3 Å². The fourth-order valence-corrected chi connectivity index (χ4v) is 3.15. The Hall–Kier alpha value is -1.88. The number of aliphatic hydroxyl groups excluding tert-OH is 2. The van der Waals surface area contributed by atoms with E-state index in [1.165, 1.54) is 5.56 Å². The van der Waals surface area contributed by atoms with E-state index >= 15 is 0 Å². The third kappa shape index (κ3) is 8.57. The Morgan fingerprint density at radius 1 is 0.963 bits per heavy atom. The predicted molar refractivity (Wildman–Crippen MR) is 110 cm³/mol. The van der Waals surface area contributed by atoms with Crippen LogP contribution >= 0.6 is 0 Å². The molecule has 2 N–H and O–H groups in total. The molecule has 0 aliphatic carbocycles. The topological polar surface area (TPSA) is 52.9 Å². The number of aliphatic hydroxyl groups is 2. The van der Waals surface area contributed by atoms with E-state index in [0.29, 0.717) is 19.7 Å². The van der Waals surface area contributed by atoms with Gasteiger partial charge in [0.25, 0.3) is 0 Å². The lowest BCUT2D eigenvalue weighted by molar-refractivity contribution is 0.0925. The average molecular weight is 372 g/mol. The molecule has 2 aromatic rings. The second-order valence-electron chi connectivity index (χ2n) is 6.99. The van der Waals surface area contributed by atoms with E-state index in [1.54, 1.807) is 0 Å². The molecular weight excluding hydrogens is 338 g/mol. The molecule has 0 saturated carbocycles. The molecule has 0 aromatic heterocycles. The van der Waals surface area contributed by atoms with Crippen molar-refractivity contribution in [1.29, 1.82) is 0 Å². The van der Waals surface area contributed by atoms with E-state index in [4.69, 9.17) is 4.74 Å². The number of rotatable bonds is 13. The van der Waals surface area contributed by atoms with Crippen LogP contribution in [0.25, 0.3) is 0 Å². The lowest BCUT2D eigenvalue weighted by atomic mass is 10.1. The molecule has 27 heavy (non-hydrogen) atoms. The van der Waals surface area contributed by atoms with E-state index < -0.39 is 0 Å². The molecule has 0 radical (unpaired) electrons. The van der Waals surface area contributed by atoms with Crippen LogP contribution in [0.1, 0.15) is 37.3 Å². The minimum atomic E-state index is -0.301. The van der Waals surface area contributed by atoms with Crippen LogP contribution in [-0.2, 0) is 13.0 Å². The summed E-state index contributed by atoms with van der Waals surface area (Å²) in [5.41, 5.74) is 2.46. The van der Waals surface area contributed by atoms with E-state index in [-0.39, 0.29) is 12.7 Å². The summed E-state index contributed by atoms with van der Waals surface area (Å²) in [5.74, 6) is 0.885. The molecule has 0 fully saturated rings. The first-order chi connectivity index (χ1) is 13.2. The number of ether oxygens (including phenoxy) is 1. The molecule has 0 aliphatic rings. The summed E-state index contributed by atoms with van der Waals surface area (Å²) >= 11 is 0. The van der Waals surface area contributed by atoms with Crippen LogP contribution < -0.4 is 4.74 Å². The van der Waals surface area contributed by atoms with Crippen LogP contribution in [0.5, 0.6) is 5.75 Å². The molecule has 4 heteroatoms. The highest BCUT2D eigenvalue weighted by molar-refractivity contribution is 5.24. The molecule has 2 rings (SSSR count). The van der Waals surface area contributed by atoms with Gasteiger partial charge in [0.1, 0.15) is 12.4 Å². The largest absolute Gasteiger partial charge is 0.489 e.